The standard InChI is InChI=1S/C15H15ClFN3O/c1-9-8-10(2)20-13(6-7-18-20)19(9)15(21)11-4-3-5-12(17)14(11)16/h3-7,9-10H,8H2,1-2H3. The fraction of sp³-hybridized carbons (Fsp3) is 0.333. The third-order valence-electron chi connectivity index (χ3n) is 3.84. The minimum Gasteiger partial charge on any atom is -0.290 e. The Morgan fingerprint density at radius 3 is 2.86 bits per heavy atom. The Morgan fingerprint density at radius 1 is 1.33 bits per heavy atom. The molecule has 0 fully saturated rings. The van der Waals surface area contributed by atoms with Crippen LogP contribution in [0.3, 0.4) is 0 Å². The Kier molecular flexibility index (Phi) is 3.45. The molecule has 0 N–H and O–H groups in total. The van der Waals surface area contributed by atoms with Crippen LogP contribution in [-0.2, 0) is 0 Å². The molecule has 1 aromatic heterocycles. The molecular formula is C15H15ClFN3O. The Morgan fingerprint density at radius 2 is 2.10 bits per heavy atom. The summed E-state index contributed by atoms with van der Waals surface area (Å²) in [6.07, 6.45) is 2.45. The summed E-state index contributed by atoms with van der Waals surface area (Å²) in [5.41, 5.74) is 0.172. The van der Waals surface area contributed by atoms with E-state index in [1.807, 2.05) is 11.6 Å². The summed E-state index contributed by atoms with van der Waals surface area (Å²) in [4.78, 5) is 14.4. The molecule has 2 atom stereocenters. The number of hydrogen-bond acceptors (Lipinski definition) is 2. The first kappa shape index (κ1) is 14.1. The lowest BCUT2D eigenvalue weighted by Gasteiger charge is -2.37. The van der Waals surface area contributed by atoms with Gasteiger partial charge in [0.15, 0.2) is 0 Å². The van der Waals surface area contributed by atoms with E-state index in [1.54, 1.807) is 23.2 Å². The average Bonchev–Trinajstić information content (AvgIpc) is 2.91. The van der Waals surface area contributed by atoms with Gasteiger partial charge in [0.25, 0.3) is 5.91 Å². The van der Waals surface area contributed by atoms with Crippen LogP contribution < -0.4 is 4.90 Å². The maximum atomic E-state index is 13.6. The number of amides is 1. The van der Waals surface area contributed by atoms with Crippen molar-refractivity contribution in [2.75, 3.05) is 4.90 Å². The van der Waals surface area contributed by atoms with Gasteiger partial charge in [0.1, 0.15) is 11.6 Å². The van der Waals surface area contributed by atoms with Gasteiger partial charge in [0.05, 0.1) is 22.8 Å². The van der Waals surface area contributed by atoms with Crippen LogP contribution in [0, 0.1) is 5.82 Å². The number of aromatic nitrogens is 2. The highest BCUT2D eigenvalue weighted by Crippen LogP contribution is 2.33. The molecule has 0 saturated heterocycles. The first-order chi connectivity index (χ1) is 10.0. The third kappa shape index (κ3) is 2.21. The van der Waals surface area contributed by atoms with E-state index in [4.69, 9.17) is 11.6 Å². The average molecular weight is 308 g/mol. The molecule has 1 aliphatic heterocycles. The van der Waals surface area contributed by atoms with Crippen molar-refractivity contribution in [3.05, 3.63) is 46.9 Å². The summed E-state index contributed by atoms with van der Waals surface area (Å²) in [7, 11) is 0. The zero-order chi connectivity index (χ0) is 15.1. The molecule has 6 heteroatoms. The molecule has 21 heavy (non-hydrogen) atoms. The topological polar surface area (TPSA) is 38.1 Å². The number of rotatable bonds is 1. The molecule has 1 aromatic carbocycles. The normalized spacial score (nSPS) is 21.2. The summed E-state index contributed by atoms with van der Waals surface area (Å²) < 4.78 is 15.4. The van der Waals surface area contributed by atoms with Gasteiger partial charge in [-0.05, 0) is 32.4 Å². The zero-order valence-corrected chi connectivity index (χ0v) is 12.5. The van der Waals surface area contributed by atoms with Gasteiger partial charge in [-0.15, -0.1) is 0 Å². The highest BCUT2D eigenvalue weighted by molar-refractivity contribution is 6.34. The van der Waals surface area contributed by atoms with Crippen molar-refractivity contribution < 1.29 is 9.18 Å². The van der Waals surface area contributed by atoms with E-state index in [-0.39, 0.29) is 28.6 Å². The van der Waals surface area contributed by atoms with Crippen molar-refractivity contribution >= 4 is 23.3 Å². The van der Waals surface area contributed by atoms with Crippen LogP contribution in [0.25, 0.3) is 0 Å². The molecule has 110 valence electrons. The number of fused-ring (bicyclic) bond motifs is 1. The molecule has 0 spiro atoms. The van der Waals surface area contributed by atoms with Crippen LogP contribution in [-0.4, -0.2) is 21.7 Å². The maximum Gasteiger partial charge on any atom is 0.261 e. The van der Waals surface area contributed by atoms with Crippen molar-refractivity contribution in [1.82, 2.24) is 9.78 Å². The Balaban J connectivity index is 2.06. The summed E-state index contributed by atoms with van der Waals surface area (Å²) in [6.45, 7) is 4.03. The summed E-state index contributed by atoms with van der Waals surface area (Å²) in [5.74, 6) is -0.179. The van der Waals surface area contributed by atoms with E-state index in [9.17, 15) is 9.18 Å². The van der Waals surface area contributed by atoms with Crippen molar-refractivity contribution in [2.24, 2.45) is 0 Å². The first-order valence-corrected chi connectivity index (χ1v) is 7.19. The molecule has 2 aromatic rings. The largest absolute Gasteiger partial charge is 0.290 e. The number of hydrogen-bond donors (Lipinski definition) is 0. The second-order valence-corrected chi connectivity index (χ2v) is 5.72. The van der Waals surface area contributed by atoms with Crippen molar-refractivity contribution in [3.63, 3.8) is 0 Å². The number of carbonyl (C=O) groups excluding carboxylic acids is 1. The molecule has 0 saturated carbocycles. The summed E-state index contributed by atoms with van der Waals surface area (Å²) in [6, 6.07) is 6.28. The summed E-state index contributed by atoms with van der Waals surface area (Å²) >= 11 is 5.94. The van der Waals surface area contributed by atoms with Crippen molar-refractivity contribution in [2.45, 2.75) is 32.4 Å². The fourth-order valence-electron chi connectivity index (χ4n) is 2.87. The Hall–Kier alpha value is -1.88. The molecule has 1 amide bonds. The van der Waals surface area contributed by atoms with Gasteiger partial charge in [-0.1, -0.05) is 17.7 Å². The molecule has 1 aliphatic rings. The molecule has 2 heterocycles. The second-order valence-electron chi connectivity index (χ2n) is 5.34. The van der Waals surface area contributed by atoms with Gasteiger partial charge in [-0.2, -0.15) is 5.10 Å². The number of nitrogens with zero attached hydrogens (tertiary/aromatic N) is 3. The van der Waals surface area contributed by atoms with E-state index >= 15 is 0 Å². The molecular weight excluding hydrogens is 293 g/mol. The van der Waals surface area contributed by atoms with Crippen molar-refractivity contribution in [3.8, 4) is 0 Å². The van der Waals surface area contributed by atoms with E-state index in [1.165, 1.54) is 12.1 Å². The van der Waals surface area contributed by atoms with E-state index in [0.29, 0.717) is 5.82 Å². The van der Waals surface area contributed by atoms with Gasteiger partial charge in [0, 0.05) is 12.1 Å². The Bertz CT molecular complexity index is 700. The number of halogens is 2. The quantitative estimate of drug-likeness (QED) is 0.806. The number of anilines is 1. The van der Waals surface area contributed by atoms with Gasteiger partial charge < -0.3 is 0 Å². The van der Waals surface area contributed by atoms with Crippen LogP contribution in [0.4, 0.5) is 10.2 Å². The van der Waals surface area contributed by atoms with E-state index < -0.39 is 5.82 Å². The lowest BCUT2D eigenvalue weighted by atomic mass is 10.0. The predicted octanol–water partition coefficient (Wildman–Crippen LogP) is 3.68. The minimum absolute atomic E-state index is 0.00367. The van der Waals surface area contributed by atoms with Gasteiger partial charge in [-0.3, -0.25) is 9.69 Å². The van der Waals surface area contributed by atoms with Gasteiger partial charge in [0.2, 0.25) is 0 Å². The molecule has 2 unspecified atom stereocenters. The molecule has 4 nitrogen and oxygen atoms in total. The van der Waals surface area contributed by atoms with Crippen LogP contribution in [0.1, 0.15) is 36.7 Å². The van der Waals surface area contributed by atoms with Crippen LogP contribution in [0.5, 0.6) is 0 Å². The van der Waals surface area contributed by atoms with Crippen LogP contribution in [0.2, 0.25) is 5.02 Å². The second kappa shape index (κ2) is 5.15. The first-order valence-electron chi connectivity index (χ1n) is 6.81. The van der Waals surface area contributed by atoms with Crippen molar-refractivity contribution in [1.29, 1.82) is 0 Å². The predicted molar refractivity (Wildman–Crippen MR) is 79.2 cm³/mol. The minimum atomic E-state index is -0.589. The molecule has 0 aliphatic carbocycles. The van der Waals surface area contributed by atoms with E-state index in [0.717, 1.165) is 6.42 Å². The molecule has 0 radical (unpaired) electrons. The van der Waals surface area contributed by atoms with Crippen LogP contribution in [0.15, 0.2) is 30.5 Å². The van der Waals surface area contributed by atoms with Gasteiger partial charge >= 0.3 is 0 Å². The third-order valence-corrected chi connectivity index (χ3v) is 4.22. The summed E-state index contributed by atoms with van der Waals surface area (Å²) in [5, 5.41) is 4.11. The Labute approximate surface area is 127 Å². The lowest BCUT2D eigenvalue weighted by Crippen LogP contribution is -2.45. The van der Waals surface area contributed by atoms with Crippen LogP contribution >= 0.6 is 11.6 Å². The maximum absolute atomic E-state index is 13.6. The SMILES string of the molecule is CC1CC(C)n2nccc2N1C(=O)c1cccc(F)c1Cl. The highest BCUT2D eigenvalue weighted by atomic mass is 35.5. The molecule has 3 rings (SSSR count). The molecule has 0 bridgehead atoms. The fourth-order valence-corrected chi connectivity index (χ4v) is 3.07. The monoisotopic (exact) mass is 307 g/mol. The van der Waals surface area contributed by atoms with E-state index in [2.05, 4.69) is 12.0 Å². The smallest absolute Gasteiger partial charge is 0.261 e. The number of carbonyl (C=O) groups is 1. The highest BCUT2D eigenvalue weighted by Gasteiger charge is 2.33. The van der Waals surface area contributed by atoms with Gasteiger partial charge in [-0.25, -0.2) is 9.07 Å². The zero-order valence-electron chi connectivity index (χ0n) is 11.8. The number of benzene rings is 1. The lowest BCUT2D eigenvalue weighted by molar-refractivity contribution is 0.0966.